The van der Waals surface area contributed by atoms with Gasteiger partial charge < -0.3 is 5.32 Å². The summed E-state index contributed by atoms with van der Waals surface area (Å²) in [6.07, 6.45) is 3.29. The number of aromatic amines is 1. The van der Waals surface area contributed by atoms with E-state index in [-0.39, 0.29) is 17.8 Å². The normalized spacial score (nSPS) is 14.1. The molecule has 0 spiro atoms. The lowest BCUT2D eigenvalue weighted by Crippen LogP contribution is -2.35. The Morgan fingerprint density at radius 1 is 1.41 bits per heavy atom. The highest BCUT2D eigenvalue weighted by atomic mass is 32.2. The number of sulfonamides is 1. The van der Waals surface area contributed by atoms with Crippen molar-refractivity contribution in [2.24, 2.45) is 0 Å². The van der Waals surface area contributed by atoms with Crippen molar-refractivity contribution in [3.63, 3.8) is 0 Å². The van der Waals surface area contributed by atoms with Crippen LogP contribution in [0.15, 0.2) is 12.4 Å². The molecule has 0 radical (unpaired) electrons. The average Bonchev–Trinajstić information content (AvgIpc) is 2.68. The van der Waals surface area contributed by atoms with Gasteiger partial charge in [-0.05, 0) is 6.92 Å². The first-order chi connectivity index (χ1) is 7.91. The van der Waals surface area contributed by atoms with Crippen LogP contribution in [0.1, 0.15) is 32.4 Å². The van der Waals surface area contributed by atoms with Gasteiger partial charge >= 0.3 is 0 Å². The molecule has 0 aromatic carbocycles. The SMILES string of the molecule is CC(C)NCCS(=O)(=O)NC(C)c1cn[nH]c1. The Hall–Kier alpha value is -0.920. The van der Waals surface area contributed by atoms with Gasteiger partial charge in [0, 0.05) is 30.4 Å². The molecule has 6 nitrogen and oxygen atoms in total. The van der Waals surface area contributed by atoms with E-state index in [1.54, 1.807) is 19.3 Å². The molecule has 7 heteroatoms. The summed E-state index contributed by atoms with van der Waals surface area (Å²) in [6.45, 7) is 6.20. The highest BCUT2D eigenvalue weighted by molar-refractivity contribution is 7.89. The van der Waals surface area contributed by atoms with E-state index in [0.717, 1.165) is 5.56 Å². The lowest BCUT2D eigenvalue weighted by molar-refractivity contribution is 0.555. The second kappa shape index (κ2) is 6.13. The summed E-state index contributed by atoms with van der Waals surface area (Å²) in [6, 6.07) is 0.0225. The molecule has 0 aliphatic heterocycles. The molecule has 1 aromatic rings. The molecule has 3 N–H and O–H groups in total. The van der Waals surface area contributed by atoms with E-state index in [1.165, 1.54) is 0 Å². The third-order valence-corrected chi connectivity index (χ3v) is 3.75. The zero-order chi connectivity index (χ0) is 12.9. The van der Waals surface area contributed by atoms with Crippen LogP contribution in [0, 0.1) is 0 Å². The Morgan fingerprint density at radius 3 is 2.65 bits per heavy atom. The van der Waals surface area contributed by atoms with Crippen LogP contribution in [0.4, 0.5) is 0 Å². The number of nitrogens with one attached hydrogen (secondary N) is 3. The molecule has 1 aromatic heterocycles. The Morgan fingerprint density at radius 2 is 2.12 bits per heavy atom. The second-order valence-electron chi connectivity index (χ2n) is 4.30. The van der Waals surface area contributed by atoms with Gasteiger partial charge in [-0.25, -0.2) is 13.1 Å². The third-order valence-electron chi connectivity index (χ3n) is 2.30. The standard InChI is InChI=1S/C10H20N4O2S/c1-8(2)11-4-5-17(15,16)14-9(3)10-6-12-13-7-10/h6-9,11,14H,4-5H2,1-3H3,(H,12,13). The van der Waals surface area contributed by atoms with Gasteiger partial charge in [-0.3, -0.25) is 5.10 Å². The summed E-state index contributed by atoms with van der Waals surface area (Å²) < 4.78 is 26.1. The smallest absolute Gasteiger partial charge is 0.213 e. The monoisotopic (exact) mass is 260 g/mol. The molecule has 1 atom stereocenters. The predicted molar refractivity (Wildman–Crippen MR) is 67.1 cm³/mol. The van der Waals surface area contributed by atoms with Crippen LogP contribution in [0.25, 0.3) is 0 Å². The molecule has 1 rings (SSSR count). The third kappa shape index (κ3) is 5.29. The number of aromatic nitrogens is 2. The highest BCUT2D eigenvalue weighted by Gasteiger charge is 2.16. The molecule has 1 unspecified atom stereocenters. The summed E-state index contributed by atoms with van der Waals surface area (Å²) >= 11 is 0. The Bertz CT molecular complexity index is 414. The molecule has 98 valence electrons. The summed E-state index contributed by atoms with van der Waals surface area (Å²) in [5.41, 5.74) is 0.824. The van der Waals surface area contributed by atoms with Crippen LogP contribution in [0.5, 0.6) is 0 Å². The molecule has 0 amide bonds. The molecule has 0 aliphatic rings. The minimum absolute atomic E-state index is 0.0768. The number of hydrogen-bond acceptors (Lipinski definition) is 4. The van der Waals surface area contributed by atoms with Gasteiger partial charge in [-0.1, -0.05) is 13.8 Å². The van der Waals surface area contributed by atoms with Gasteiger partial charge in [-0.2, -0.15) is 5.10 Å². The maximum atomic E-state index is 11.7. The van der Waals surface area contributed by atoms with Crippen LogP contribution in [-0.2, 0) is 10.0 Å². The minimum atomic E-state index is -3.26. The van der Waals surface area contributed by atoms with Crippen molar-refractivity contribution in [2.45, 2.75) is 32.9 Å². The van der Waals surface area contributed by atoms with E-state index in [0.29, 0.717) is 6.54 Å². The Labute approximate surface area is 102 Å². The average molecular weight is 260 g/mol. The molecule has 0 fully saturated rings. The topological polar surface area (TPSA) is 86.9 Å². The van der Waals surface area contributed by atoms with Gasteiger partial charge in [0.1, 0.15) is 0 Å². The predicted octanol–water partition coefficient (Wildman–Crippen LogP) is 0.388. The van der Waals surface area contributed by atoms with Crippen LogP contribution in [0.3, 0.4) is 0 Å². The Kier molecular flexibility index (Phi) is 5.10. The van der Waals surface area contributed by atoms with Gasteiger partial charge in [0.15, 0.2) is 0 Å². The largest absolute Gasteiger partial charge is 0.313 e. The molecule has 17 heavy (non-hydrogen) atoms. The van der Waals surface area contributed by atoms with Crippen molar-refractivity contribution >= 4 is 10.0 Å². The van der Waals surface area contributed by atoms with E-state index in [1.807, 2.05) is 13.8 Å². The van der Waals surface area contributed by atoms with Crippen molar-refractivity contribution in [1.82, 2.24) is 20.2 Å². The van der Waals surface area contributed by atoms with E-state index < -0.39 is 10.0 Å². The number of hydrogen-bond donors (Lipinski definition) is 3. The number of nitrogens with zero attached hydrogens (tertiary/aromatic N) is 1. The molecular weight excluding hydrogens is 240 g/mol. The number of H-pyrrole nitrogens is 1. The van der Waals surface area contributed by atoms with E-state index in [2.05, 4.69) is 20.2 Å². The fourth-order valence-electron chi connectivity index (χ4n) is 1.38. The number of rotatable bonds is 7. The van der Waals surface area contributed by atoms with E-state index in [4.69, 9.17) is 0 Å². The first-order valence-electron chi connectivity index (χ1n) is 5.63. The zero-order valence-electron chi connectivity index (χ0n) is 10.4. The molecule has 1 heterocycles. The first kappa shape index (κ1) is 14.1. The quantitative estimate of drug-likeness (QED) is 0.662. The van der Waals surface area contributed by atoms with Crippen molar-refractivity contribution in [1.29, 1.82) is 0 Å². The summed E-state index contributed by atoms with van der Waals surface area (Å²) in [7, 11) is -3.26. The van der Waals surface area contributed by atoms with Crippen molar-refractivity contribution in [3.05, 3.63) is 18.0 Å². The molecule has 0 bridgehead atoms. The van der Waals surface area contributed by atoms with Gasteiger partial charge in [0.05, 0.1) is 11.9 Å². The van der Waals surface area contributed by atoms with E-state index >= 15 is 0 Å². The maximum absolute atomic E-state index is 11.7. The lowest BCUT2D eigenvalue weighted by Gasteiger charge is -2.13. The summed E-state index contributed by atoms with van der Waals surface area (Å²) in [4.78, 5) is 0. The summed E-state index contributed by atoms with van der Waals surface area (Å²) in [5.74, 6) is 0.0768. The van der Waals surface area contributed by atoms with Crippen molar-refractivity contribution in [3.8, 4) is 0 Å². The summed E-state index contributed by atoms with van der Waals surface area (Å²) in [5, 5.41) is 9.52. The second-order valence-corrected chi connectivity index (χ2v) is 6.17. The van der Waals surface area contributed by atoms with Crippen LogP contribution in [-0.4, -0.2) is 37.0 Å². The molecule has 0 saturated carbocycles. The van der Waals surface area contributed by atoms with Gasteiger partial charge in [0.2, 0.25) is 10.0 Å². The van der Waals surface area contributed by atoms with Gasteiger partial charge in [-0.15, -0.1) is 0 Å². The fourth-order valence-corrected chi connectivity index (χ4v) is 2.56. The van der Waals surface area contributed by atoms with Crippen molar-refractivity contribution in [2.75, 3.05) is 12.3 Å². The maximum Gasteiger partial charge on any atom is 0.213 e. The first-order valence-corrected chi connectivity index (χ1v) is 7.28. The van der Waals surface area contributed by atoms with Crippen molar-refractivity contribution < 1.29 is 8.42 Å². The van der Waals surface area contributed by atoms with Crippen LogP contribution >= 0.6 is 0 Å². The molecular formula is C10H20N4O2S. The fraction of sp³-hybridized carbons (Fsp3) is 0.700. The lowest BCUT2D eigenvalue weighted by atomic mass is 10.2. The Balaban J connectivity index is 2.44. The molecule has 0 saturated heterocycles. The minimum Gasteiger partial charge on any atom is -0.313 e. The zero-order valence-corrected chi connectivity index (χ0v) is 11.2. The van der Waals surface area contributed by atoms with Crippen LogP contribution in [0.2, 0.25) is 0 Å². The van der Waals surface area contributed by atoms with E-state index in [9.17, 15) is 8.42 Å². The molecule has 0 aliphatic carbocycles. The van der Waals surface area contributed by atoms with Crippen LogP contribution < -0.4 is 10.0 Å². The highest BCUT2D eigenvalue weighted by Crippen LogP contribution is 2.10. The van der Waals surface area contributed by atoms with Gasteiger partial charge in [0.25, 0.3) is 0 Å².